The zero-order chi connectivity index (χ0) is 23.7. The van der Waals surface area contributed by atoms with Gasteiger partial charge in [-0.1, -0.05) is 42.0 Å². The van der Waals surface area contributed by atoms with Crippen molar-refractivity contribution in [2.75, 3.05) is 31.1 Å². The number of carbonyl (C=O) groups excluding carboxylic acids is 2. The lowest BCUT2D eigenvalue weighted by atomic mass is 10.0. The minimum atomic E-state index is -0.359. The molecule has 0 spiro atoms. The van der Waals surface area contributed by atoms with E-state index in [1.807, 2.05) is 36.1 Å². The number of halogens is 1. The van der Waals surface area contributed by atoms with E-state index in [1.54, 1.807) is 30.6 Å². The number of piperazine rings is 1. The first-order valence-electron chi connectivity index (χ1n) is 11.2. The molecule has 8 heteroatoms. The molecule has 0 unspecified atom stereocenters. The fourth-order valence-corrected chi connectivity index (χ4v) is 4.34. The summed E-state index contributed by atoms with van der Waals surface area (Å²) in [6.07, 6.45) is 3.42. The van der Waals surface area contributed by atoms with E-state index in [0.717, 1.165) is 11.1 Å². The first-order chi connectivity index (χ1) is 16.5. The number of benzene rings is 2. The fraction of sp³-hybridized carbons (Fsp3) is 0.231. The van der Waals surface area contributed by atoms with Crippen LogP contribution >= 0.6 is 0 Å². The van der Waals surface area contributed by atoms with Crippen LogP contribution in [0.5, 0.6) is 0 Å². The van der Waals surface area contributed by atoms with Gasteiger partial charge in [-0.25, -0.2) is 14.4 Å². The van der Waals surface area contributed by atoms with Crippen molar-refractivity contribution < 1.29 is 14.0 Å². The zero-order valence-corrected chi connectivity index (χ0v) is 18.8. The molecule has 172 valence electrons. The van der Waals surface area contributed by atoms with Gasteiger partial charge in [0.25, 0.3) is 11.8 Å². The molecule has 2 aliphatic rings. The first kappa shape index (κ1) is 21.8. The Balaban J connectivity index is 1.45. The van der Waals surface area contributed by atoms with E-state index >= 15 is 0 Å². The standard InChI is InChI=1S/C26H24FN5O2/c1-18-3-7-20(8-4-18)22-23(30-13-15-31(16-14-30)26-28-11-2-12-29-26)25(34)32(24(22)33)17-19-5-9-21(27)10-6-19/h2-12H,13-17H2,1H3. The van der Waals surface area contributed by atoms with Crippen LogP contribution < -0.4 is 4.90 Å². The first-order valence-corrected chi connectivity index (χ1v) is 11.2. The summed E-state index contributed by atoms with van der Waals surface area (Å²) in [6, 6.07) is 15.3. The molecule has 2 aromatic carbocycles. The molecule has 1 aromatic heterocycles. The number of hydrogen-bond donors (Lipinski definition) is 0. The lowest BCUT2D eigenvalue weighted by Crippen LogP contribution is -2.48. The van der Waals surface area contributed by atoms with Crippen LogP contribution in [0.25, 0.3) is 5.57 Å². The van der Waals surface area contributed by atoms with Crippen molar-refractivity contribution in [1.29, 1.82) is 0 Å². The van der Waals surface area contributed by atoms with Crippen molar-refractivity contribution in [3.8, 4) is 0 Å². The summed E-state index contributed by atoms with van der Waals surface area (Å²) in [5, 5.41) is 0. The summed E-state index contributed by atoms with van der Waals surface area (Å²) in [5.74, 6) is -0.361. The monoisotopic (exact) mass is 457 g/mol. The Kier molecular flexibility index (Phi) is 5.79. The molecule has 7 nitrogen and oxygen atoms in total. The Morgan fingerprint density at radius 3 is 2.09 bits per heavy atom. The van der Waals surface area contributed by atoms with E-state index in [9.17, 15) is 14.0 Å². The van der Waals surface area contributed by atoms with Gasteiger partial charge < -0.3 is 9.80 Å². The van der Waals surface area contributed by atoms with E-state index in [2.05, 4.69) is 14.9 Å². The maximum atomic E-state index is 13.6. The Labute approximate surface area is 197 Å². The van der Waals surface area contributed by atoms with Crippen molar-refractivity contribution in [1.82, 2.24) is 19.8 Å². The molecule has 0 bridgehead atoms. The molecule has 0 N–H and O–H groups in total. The molecule has 0 atom stereocenters. The van der Waals surface area contributed by atoms with Gasteiger partial charge in [0.05, 0.1) is 12.1 Å². The van der Waals surface area contributed by atoms with Crippen molar-refractivity contribution >= 4 is 23.3 Å². The Morgan fingerprint density at radius 1 is 0.824 bits per heavy atom. The molecule has 5 rings (SSSR count). The lowest BCUT2D eigenvalue weighted by Gasteiger charge is -2.36. The van der Waals surface area contributed by atoms with E-state index < -0.39 is 0 Å². The summed E-state index contributed by atoms with van der Waals surface area (Å²) in [6.45, 7) is 4.46. The second-order valence-electron chi connectivity index (χ2n) is 8.44. The normalized spacial score (nSPS) is 16.6. The highest BCUT2D eigenvalue weighted by molar-refractivity contribution is 6.35. The number of aromatic nitrogens is 2. The van der Waals surface area contributed by atoms with E-state index in [1.165, 1.54) is 17.0 Å². The highest BCUT2D eigenvalue weighted by atomic mass is 19.1. The molecule has 34 heavy (non-hydrogen) atoms. The molecule has 0 aliphatic carbocycles. The minimum absolute atomic E-state index is 0.0919. The summed E-state index contributed by atoms with van der Waals surface area (Å²) < 4.78 is 13.4. The number of nitrogens with zero attached hydrogens (tertiary/aromatic N) is 5. The summed E-state index contributed by atoms with van der Waals surface area (Å²) in [7, 11) is 0. The van der Waals surface area contributed by atoms with Gasteiger partial charge in [-0.2, -0.15) is 0 Å². The number of carbonyl (C=O) groups is 2. The van der Waals surface area contributed by atoms with Crippen LogP contribution in [0.2, 0.25) is 0 Å². The molecular weight excluding hydrogens is 433 g/mol. The van der Waals surface area contributed by atoms with E-state index in [4.69, 9.17) is 0 Å². The number of amides is 2. The summed E-state index contributed by atoms with van der Waals surface area (Å²) in [4.78, 5) is 41.1. The highest BCUT2D eigenvalue weighted by Gasteiger charge is 2.42. The van der Waals surface area contributed by atoms with Crippen LogP contribution in [0, 0.1) is 12.7 Å². The van der Waals surface area contributed by atoms with Crippen molar-refractivity contribution in [2.24, 2.45) is 0 Å². The summed E-state index contributed by atoms with van der Waals surface area (Å²) in [5.41, 5.74) is 3.32. The molecule has 1 fully saturated rings. The third-order valence-electron chi connectivity index (χ3n) is 6.17. The number of hydrogen-bond acceptors (Lipinski definition) is 6. The molecule has 0 saturated carbocycles. The number of anilines is 1. The van der Waals surface area contributed by atoms with Crippen molar-refractivity contribution in [3.63, 3.8) is 0 Å². The van der Waals surface area contributed by atoms with Crippen LogP contribution in [0.4, 0.5) is 10.3 Å². The third-order valence-corrected chi connectivity index (χ3v) is 6.17. The molecule has 3 aromatic rings. The molecular formula is C26H24FN5O2. The van der Waals surface area contributed by atoms with Crippen molar-refractivity contribution in [2.45, 2.75) is 13.5 Å². The third kappa shape index (κ3) is 4.14. The number of rotatable bonds is 5. The zero-order valence-electron chi connectivity index (χ0n) is 18.8. The fourth-order valence-electron chi connectivity index (χ4n) is 4.34. The Morgan fingerprint density at radius 2 is 1.44 bits per heavy atom. The highest BCUT2D eigenvalue weighted by Crippen LogP contribution is 2.33. The number of aryl methyl sites for hydroxylation is 1. The SMILES string of the molecule is Cc1ccc(C2=C(N3CCN(c4ncccn4)CC3)C(=O)N(Cc3ccc(F)cc3)C2=O)cc1. The predicted molar refractivity (Wildman–Crippen MR) is 126 cm³/mol. The van der Waals surface area contributed by atoms with Gasteiger partial charge in [0, 0.05) is 38.6 Å². The van der Waals surface area contributed by atoms with Gasteiger partial charge in [0.2, 0.25) is 5.95 Å². The summed E-state index contributed by atoms with van der Waals surface area (Å²) >= 11 is 0. The van der Waals surface area contributed by atoms with Crippen LogP contribution in [0.3, 0.4) is 0 Å². The largest absolute Gasteiger partial charge is 0.363 e. The Hall–Kier alpha value is -4.07. The lowest BCUT2D eigenvalue weighted by molar-refractivity contribution is -0.138. The van der Waals surface area contributed by atoms with Gasteiger partial charge in [0.15, 0.2) is 0 Å². The second kappa shape index (κ2) is 9.05. The van der Waals surface area contributed by atoms with Gasteiger partial charge >= 0.3 is 0 Å². The maximum Gasteiger partial charge on any atom is 0.278 e. The van der Waals surface area contributed by atoms with Crippen LogP contribution in [-0.4, -0.2) is 57.8 Å². The topological polar surface area (TPSA) is 69.6 Å². The van der Waals surface area contributed by atoms with Gasteiger partial charge in [-0.05, 0) is 36.2 Å². The maximum absolute atomic E-state index is 13.6. The smallest absolute Gasteiger partial charge is 0.278 e. The van der Waals surface area contributed by atoms with Gasteiger partial charge in [0.1, 0.15) is 11.5 Å². The molecule has 2 amide bonds. The predicted octanol–water partition coefficient (Wildman–Crippen LogP) is 3.03. The molecule has 1 saturated heterocycles. The number of imide groups is 1. The quantitative estimate of drug-likeness (QED) is 0.549. The van der Waals surface area contributed by atoms with Gasteiger partial charge in [-0.15, -0.1) is 0 Å². The van der Waals surface area contributed by atoms with Crippen LogP contribution in [-0.2, 0) is 16.1 Å². The van der Waals surface area contributed by atoms with Crippen LogP contribution in [0.15, 0.2) is 72.7 Å². The van der Waals surface area contributed by atoms with E-state index in [-0.39, 0.29) is 24.2 Å². The molecule has 0 radical (unpaired) electrons. The van der Waals surface area contributed by atoms with Crippen LogP contribution in [0.1, 0.15) is 16.7 Å². The molecule has 3 heterocycles. The average molecular weight is 458 g/mol. The average Bonchev–Trinajstić information content (AvgIpc) is 3.11. The second-order valence-corrected chi connectivity index (χ2v) is 8.44. The Bertz CT molecular complexity index is 1230. The van der Waals surface area contributed by atoms with Crippen molar-refractivity contribution in [3.05, 3.63) is 95.2 Å². The van der Waals surface area contributed by atoms with Gasteiger partial charge in [-0.3, -0.25) is 14.5 Å². The molecule has 2 aliphatic heterocycles. The van der Waals surface area contributed by atoms with E-state index in [0.29, 0.717) is 49.0 Å². The minimum Gasteiger partial charge on any atom is -0.363 e.